The maximum absolute atomic E-state index is 13.0. The fourth-order valence-corrected chi connectivity index (χ4v) is 5.16. The van der Waals surface area contributed by atoms with Crippen LogP contribution in [0.2, 0.25) is 0 Å². The minimum atomic E-state index is -3.34. The van der Waals surface area contributed by atoms with Gasteiger partial charge in [-0.3, -0.25) is 9.36 Å². The molecule has 0 saturated heterocycles. The van der Waals surface area contributed by atoms with Crippen molar-refractivity contribution in [3.05, 3.63) is 45.1 Å². The predicted molar refractivity (Wildman–Crippen MR) is 123 cm³/mol. The standard InChI is InChI=1S/C18H21ClIN5O3S/c1-4-11(3)25-16-13(8-20-18(19)24-16)23-15(17(25)26)22-10-12-6-7-14(21-9-12)29(27,28)5-2/h6-9,11H,4-5,10H2,1-3H3,(H,22,23)/t11-/m0/s1. The third-order valence-electron chi connectivity index (χ3n) is 4.54. The van der Waals surface area contributed by atoms with Crippen LogP contribution in [0.15, 0.2) is 33.1 Å². The molecule has 1 atom stereocenters. The monoisotopic (exact) mass is 549 g/mol. The fourth-order valence-electron chi connectivity index (χ4n) is 2.68. The molecule has 29 heavy (non-hydrogen) atoms. The lowest BCUT2D eigenvalue weighted by Gasteiger charge is -2.16. The highest BCUT2D eigenvalue weighted by atomic mass is 127. The maximum Gasteiger partial charge on any atom is 0.295 e. The summed E-state index contributed by atoms with van der Waals surface area (Å²) < 4.78 is 27.9. The first kappa shape index (κ1) is 22.0. The van der Waals surface area contributed by atoms with E-state index in [9.17, 15) is 13.2 Å². The first-order chi connectivity index (χ1) is 13.8. The van der Waals surface area contributed by atoms with E-state index in [4.69, 9.17) is 11.6 Å². The molecule has 1 aliphatic rings. The number of rotatable bonds is 7. The van der Waals surface area contributed by atoms with Crippen LogP contribution >= 0.6 is 32.3 Å². The van der Waals surface area contributed by atoms with Crippen molar-refractivity contribution in [2.24, 2.45) is 4.99 Å². The Labute approximate surface area is 183 Å². The topological polar surface area (TPSA) is 106 Å². The van der Waals surface area contributed by atoms with Crippen LogP contribution in [-0.4, -0.2) is 31.8 Å². The molecule has 3 heterocycles. The number of nitrogens with zero attached hydrogens (tertiary/aromatic N) is 4. The Morgan fingerprint density at radius 3 is 2.69 bits per heavy atom. The van der Waals surface area contributed by atoms with E-state index < -0.39 is 30.6 Å². The molecule has 11 heteroatoms. The van der Waals surface area contributed by atoms with Gasteiger partial charge in [0.25, 0.3) is 5.56 Å². The molecule has 0 unspecified atom stereocenters. The number of anilines is 1. The molecule has 0 spiro atoms. The average molecular weight is 550 g/mol. The average Bonchev–Trinajstić information content (AvgIpc) is 2.72. The van der Waals surface area contributed by atoms with E-state index in [0.29, 0.717) is 20.5 Å². The largest absolute Gasteiger partial charge is 0.361 e. The molecule has 0 bridgehead atoms. The van der Waals surface area contributed by atoms with Crippen LogP contribution in [0.25, 0.3) is 4.08 Å². The Morgan fingerprint density at radius 1 is 1.31 bits per heavy atom. The van der Waals surface area contributed by atoms with Crippen LogP contribution in [0, 0.1) is 0 Å². The summed E-state index contributed by atoms with van der Waals surface area (Å²) in [6.45, 7) is 5.82. The SMILES string of the molecule is CC[C@H](C)n1c(=O)c(NCc2ccc(S(=O)(=O)CC)nc2)nc2c1=NC(Cl)=IC=2. The Balaban J connectivity index is 1.94. The first-order valence-corrected chi connectivity index (χ1v) is 13.4. The molecular weight excluding hydrogens is 529 g/mol. The molecule has 0 fully saturated rings. The molecular formula is C18H21ClIN5O3S. The van der Waals surface area contributed by atoms with Gasteiger partial charge in [-0.2, -0.15) is 0 Å². The van der Waals surface area contributed by atoms with Gasteiger partial charge in [0, 0.05) is 22.9 Å². The van der Waals surface area contributed by atoms with Crippen LogP contribution < -0.4 is 21.7 Å². The number of fused-ring (bicyclic) bond motifs is 1. The highest BCUT2D eigenvalue weighted by Gasteiger charge is 2.16. The zero-order valence-electron chi connectivity index (χ0n) is 16.2. The zero-order chi connectivity index (χ0) is 21.2. The van der Waals surface area contributed by atoms with Gasteiger partial charge in [0.15, 0.2) is 29.3 Å². The van der Waals surface area contributed by atoms with Gasteiger partial charge in [0.1, 0.15) is 5.35 Å². The normalized spacial score (nSPS) is 14.6. The number of hydrogen-bond donors (Lipinski definition) is 1. The molecule has 0 amide bonds. The molecule has 0 aliphatic carbocycles. The van der Waals surface area contributed by atoms with Crippen molar-refractivity contribution >= 4 is 55.2 Å². The minimum absolute atomic E-state index is 0.00256. The Kier molecular flexibility index (Phi) is 6.84. The van der Waals surface area contributed by atoms with E-state index in [-0.39, 0.29) is 28.2 Å². The second-order valence-corrected chi connectivity index (χ2v) is 11.9. The molecule has 3 rings (SSSR count). The summed E-state index contributed by atoms with van der Waals surface area (Å²) >= 11 is 5.56. The molecule has 0 radical (unpaired) electrons. The van der Waals surface area contributed by atoms with Crippen molar-refractivity contribution in [3.63, 3.8) is 0 Å². The Bertz CT molecular complexity index is 1240. The van der Waals surface area contributed by atoms with Gasteiger partial charge in [-0.25, -0.2) is 23.4 Å². The number of pyridine rings is 1. The van der Waals surface area contributed by atoms with Gasteiger partial charge in [-0.15, -0.1) is 0 Å². The Hall–Kier alpha value is -1.66. The zero-order valence-corrected chi connectivity index (χ0v) is 19.9. The highest BCUT2D eigenvalue weighted by molar-refractivity contribution is 14.2. The summed E-state index contributed by atoms with van der Waals surface area (Å²) in [6, 6.07) is 3.09. The Morgan fingerprint density at radius 2 is 2.07 bits per heavy atom. The molecule has 8 nitrogen and oxygen atoms in total. The van der Waals surface area contributed by atoms with Crippen LogP contribution in [0.5, 0.6) is 0 Å². The molecule has 2 aromatic rings. The third-order valence-corrected chi connectivity index (χ3v) is 8.47. The van der Waals surface area contributed by atoms with E-state index >= 15 is 0 Å². The van der Waals surface area contributed by atoms with E-state index in [2.05, 4.69) is 20.3 Å². The molecule has 1 aliphatic heterocycles. The van der Waals surface area contributed by atoms with Crippen LogP contribution in [0.3, 0.4) is 0 Å². The molecule has 1 N–H and O–H groups in total. The number of hydrogen-bond acceptors (Lipinski definition) is 7. The lowest BCUT2D eigenvalue weighted by atomic mass is 10.2. The molecule has 156 valence electrons. The number of halogens is 2. The van der Waals surface area contributed by atoms with Gasteiger partial charge in [-0.1, -0.05) is 31.5 Å². The number of sulfone groups is 1. The van der Waals surface area contributed by atoms with Gasteiger partial charge in [0.05, 0.1) is 5.75 Å². The smallest absolute Gasteiger partial charge is 0.295 e. The van der Waals surface area contributed by atoms with Crippen LogP contribution in [0.4, 0.5) is 5.82 Å². The van der Waals surface area contributed by atoms with E-state index in [1.165, 1.54) is 12.3 Å². The molecule has 0 saturated carbocycles. The summed E-state index contributed by atoms with van der Waals surface area (Å²) in [6.07, 6.45) is 2.25. The van der Waals surface area contributed by atoms with Crippen molar-refractivity contribution in [2.45, 2.75) is 44.8 Å². The van der Waals surface area contributed by atoms with Gasteiger partial charge >= 0.3 is 0 Å². The minimum Gasteiger partial charge on any atom is -0.361 e. The first-order valence-electron chi connectivity index (χ1n) is 9.05. The fraction of sp³-hybridized carbons (Fsp3) is 0.389. The third kappa shape index (κ3) is 4.75. The van der Waals surface area contributed by atoms with Crippen molar-refractivity contribution in [2.75, 3.05) is 11.1 Å². The van der Waals surface area contributed by atoms with E-state index in [1.807, 2.05) is 17.9 Å². The number of nitrogens with one attached hydrogen (secondary N) is 1. The van der Waals surface area contributed by atoms with Crippen LogP contribution in [-0.2, 0) is 16.4 Å². The van der Waals surface area contributed by atoms with Crippen LogP contribution in [0.1, 0.15) is 38.8 Å². The van der Waals surface area contributed by atoms with E-state index in [0.717, 1.165) is 12.0 Å². The summed E-state index contributed by atoms with van der Waals surface area (Å²) in [4.78, 5) is 25.9. The second-order valence-electron chi connectivity index (χ2n) is 6.43. The van der Waals surface area contributed by atoms with Gasteiger partial charge < -0.3 is 5.32 Å². The summed E-state index contributed by atoms with van der Waals surface area (Å²) in [5, 5.41) is 3.76. The van der Waals surface area contributed by atoms with E-state index in [1.54, 1.807) is 17.6 Å². The quantitative estimate of drug-likeness (QED) is 0.416. The highest BCUT2D eigenvalue weighted by Crippen LogP contribution is 2.12. The summed E-state index contributed by atoms with van der Waals surface area (Å²) in [5.41, 5.74) is 0.978. The summed E-state index contributed by atoms with van der Waals surface area (Å²) in [7, 11) is -3.34. The summed E-state index contributed by atoms with van der Waals surface area (Å²) in [5.74, 6) is 0.222. The maximum atomic E-state index is 13.0. The predicted octanol–water partition coefficient (Wildman–Crippen LogP) is 1.68. The van der Waals surface area contributed by atoms with Gasteiger partial charge in [-0.05, 0) is 45.7 Å². The number of aromatic nitrogens is 3. The van der Waals surface area contributed by atoms with Gasteiger partial charge in [0.2, 0.25) is 0 Å². The molecule has 2 aromatic heterocycles. The lowest BCUT2D eigenvalue weighted by molar-refractivity contribution is 0.490. The van der Waals surface area contributed by atoms with Crippen molar-refractivity contribution < 1.29 is 8.42 Å². The lowest BCUT2D eigenvalue weighted by Crippen LogP contribution is -2.48. The van der Waals surface area contributed by atoms with Crippen molar-refractivity contribution in [3.8, 4) is 0 Å². The second kappa shape index (κ2) is 9.00. The molecule has 0 aromatic carbocycles. The van der Waals surface area contributed by atoms with Crippen molar-refractivity contribution in [1.82, 2.24) is 14.5 Å². The van der Waals surface area contributed by atoms with Crippen molar-refractivity contribution in [1.29, 1.82) is 0 Å².